The van der Waals surface area contributed by atoms with Gasteiger partial charge in [0.2, 0.25) is 11.7 Å². The van der Waals surface area contributed by atoms with Crippen LogP contribution in [0.5, 0.6) is 0 Å². The molecule has 0 radical (unpaired) electrons. The van der Waals surface area contributed by atoms with Crippen LogP contribution in [0.1, 0.15) is 37.3 Å². The Morgan fingerprint density at radius 3 is 3.04 bits per heavy atom. The first-order valence-corrected chi connectivity index (χ1v) is 7.42. The molecule has 3 rings (SSSR count). The van der Waals surface area contributed by atoms with E-state index in [-0.39, 0.29) is 0 Å². The van der Waals surface area contributed by atoms with Gasteiger partial charge in [-0.25, -0.2) is 4.79 Å². The third-order valence-corrected chi connectivity index (χ3v) is 4.04. The summed E-state index contributed by atoms with van der Waals surface area (Å²) >= 11 is 0. The molecule has 1 aliphatic rings. The summed E-state index contributed by atoms with van der Waals surface area (Å²) in [6.07, 6.45) is 0.594. The third-order valence-electron chi connectivity index (χ3n) is 4.04. The average molecular weight is 312 g/mol. The first-order chi connectivity index (χ1) is 11.1. The summed E-state index contributed by atoms with van der Waals surface area (Å²) in [4.78, 5) is 17.1. The number of benzene rings is 1. The molecule has 2 atom stereocenters. The van der Waals surface area contributed by atoms with Gasteiger partial charge in [0.05, 0.1) is 11.6 Å². The predicted molar refractivity (Wildman–Crippen MR) is 80.3 cm³/mol. The molecule has 118 valence electrons. The monoisotopic (exact) mass is 312 g/mol. The van der Waals surface area contributed by atoms with Gasteiger partial charge in [0.15, 0.2) is 0 Å². The van der Waals surface area contributed by atoms with E-state index in [0.717, 1.165) is 6.42 Å². The van der Waals surface area contributed by atoms with E-state index in [0.29, 0.717) is 41.7 Å². The van der Waals surface area contributed by atoms with Crippen LogP contribution in [0.15, 0.2) is 28.8 Å². The van der Waals surface area contributed by atoms with Crippen LogP contribution < -0.4 is 0 Å². The van der Waals surface area contributed by atoms with Crippen LogP contribution in [0.2, 0.25) is 0 Å². The zero-order valence-electron chi connectivity index (χ0n) is 12.6. The quantitative estimate of drug-likeness (QED) is 0.914. The second-order valence-electron chi connectivity index (χ2n) is 5.78. The summed E-state index contributed by atoms with van der Waals surface area (Å²) in [5, 5.41) is 22.3. The van der Waals surface area contributed by atoms with Crippen LogP contribution in [0.3, 0.4) is 0 Å². The van der Waals surface area contributed by atoms with E-state index in [9.17, 15) is 9.90 Å². The van der Waals surface area contributed by atoms with E-state index in [1.54, 1.807) is 24.3 Å². The molecular formula is C16H16N4O3. The number of amides is 1. The Hall–Kier alpha value is -2.88. The molecule has 7 heteroatoms. The Morgan fingerprint density at radius 1 is 1.48 bits per heavy atom. The van der Waals surface area contributed by atoms with E-state index in [1.807, 2.05) is 6.92 Å². The molecule has 1 N–H and O–H groups in total. The van der Waals surface area contributed by atoms with Crippen LogP contribution in [0, 0.1) is 17.2 Å². The molecule has 1 aromatic heterocycles. The standard InChI is InChI=1S/C16H16N4O3/c1-10-5-6-13(20(9-10)16(21)22)15-18-14(19-23-15)12-4-2-3-11(7-12)8-17/h2-4,7,10,13H,5-6,9H2,1H3,(H,21,22). The van der Waals surface area contributed by atoms with Gasteiger partial charge in [0.1, 0.15) is 6.04 Å². The fraction of sp³-hybridized carbons (Fsp3) is 0.375. The van der Waals surface area contributed by atoms with Gasteiger partial charge in [0, 0.05) is 12.1 Å². The molecule has 0 spiro atoms. The number of aromatic nitrogens is 2. The lowest BCUT2D eigenvalue weighted by atomic mass is 9.94. The smallest absolute Gasteiger partial charge is 0.407 e. The van der Waals surface area contributed by atoms with Gasteiger partial charge in [-0.3, -0.25) is 4.90 Å². The highest BCUT2D eigenvalue weighted by Gasteiger charge is 2.34. The molecule has 1 saturated heterocycles. The van der Waals surface area contributed by atoms with Crippen molar-refractivity contribution in [3.63, 3.8) is 0 Å². The topological polar surface area (TPSA) is 103 Å². The van der Waals surface area contributed by atoms with Gasteiger partial charge in [-0.15, -0.1) is 0 Å². The number of likely N-dealkylation sites (tertiary alicyclic amines) is 1. The van der Waals surface area contributed by atoms with Crippen molar-refractivity contribution in [2.24, 2.45) is 5.92 Å². The van der Waals surface area contributed by atoms with Crippen molar-refractivity contribution in [2.75, 3.05) is 6.54 Å². The number of hydrogen-bond acceptors (Lipinski definition) is 5. The predicted octanol–water partition coefficient (Wildman–Crippen LogP) is 3.06. The summed E-state index contributed by atoms with van der Waals surface area (Å²) in [6.45, 7) is 2.49. The Bertz CT molecular complexity index is 765. The zero-order valence-corrected chi connectivity index (χ0v) is 12.6. The highest BCUT2D eigenvalue weighted by atomic mass is 16.5. The van der Waals surface area contributed by atoms with Crippen LogP contribution in [0.4, 0.5) is 4.79 Å². The number of carbonyl (C=O) groups is 1. The van der Waals surface area contributed by atoms with E-state index in [4.69, 9.17) is 9.78 Å². The molecule has 1 aromatic carbocycles. The number of hydrogen-bond donors (Lipinski definition) is 1. The van der Waals surface area contributed by atoms with Crippen molar-refractivity contribution in [1.29, 1.82) is 5.26 Å². The van der Waals surface area contributed by atoms with Crippen molar-refractivity contribution in [3.8, 4) is 17.5 Å². The molecule has 1 aliphatic heterocycles. The molecule has 0 bridgehead atoms. The maximum Gasteiger partial charge on any atom is 0.407 e. The number of piperidine rings is 1. The SMILES string of the molecule is CC1CCC(c2nc(-c3cccc(C#N)c3)no2)N(C(=O)O)C1. The Morgan fingerprint density at radius 2 is 2.30 bits per heavy atom. The number of nitriles is 1. The fourth-order valence-electron chi connectivity index (χ4n) is 2.84. The summed E-state index contributed by atoms with van der Waals surface area (Å²) in [5.41, 5.74) is 1.18. The summed E-state index contributed by atoms with van der Waals surface area (Å²) in [5.74, 6) is 0.981. The normalized spacial score (nSPS) is 21.0. The Labute approximate surface area is 133 Å². The van der Waals surface area contributed by atoms with Crippen molar-refractivity contribution >= 4 is 6.09 Å². The highest BCUT2D eigenvalue weighted by Crippen LogP contribution is 2.33. The van der Waals surface area contributed by atoms with E-state index >= 15 is 0 Å². The molecule has 1 fully saturated rings. The second kappa shape index (κ2) is 6.08. The van der Waals surface area contributed by atoms with Crippen LogP contribution in [0.25, 0.3) is 11.4 Å². The van der Waals surface area contributed by atoms with Crippen LogP contribution in [-0.4, -0.2) is 32.8 Å². The third kappa shape index (κ3) is 3.01. The molecule has 1 amide bonds. The summed E-state index contributed by atoms with van der Waals surface area (Å²) in [7, 11) is 0. The first-order valence-electron chi connectivity index (χ1n) is 7.42. The molecule has 7 nitrogen and oxygen atoms in total. The van der Waals surface area contributed by atoms with Crippen molar-refractivity contribution < 1.29 is 14.4 Å². The molecule has 2 heterocycles. The molecule has 2 aromatic rings. The lowest BCUT2D eigenvalue weighted by molar-refractivity contribution is 0.0765. The largest absolute Gasteiger partial charge is 0.465 e. The zero-order chi connectivity index (χ0) is 16.4. The molecule has 23 heavy (non-hydrogen) atoms. The van der Waals surface area contributed by atoms with Crippen molar-refractivity contribution in [3.05, 3.63) is 35.7 Å². The summed E-state index contributed by atoms with van der Waals surface area (Å²) < 4.78 is 5.30. The summed E-state index contributed by atoms with van der Waals surface area (Å²) in [6, 6.07) is 8.55. The maximum atomic E-state index is 11.4. The minimum atomic E-state index is -0.979. The number of carboxylic acid groups (broad SMARTS) is 1. The van der Waals surface area contributed by atoms with E-state index < -0.39 is 12.1 Å². The van der Waals surface area contributed by atoms with Gasteiger partial charge in [-0.05, 0) is 30.9 Å². The Balaban J connectivity index is 1.89. The van der Waals surface area contributed by atoms with Crippen molar-refractivity contribution in [2.45, 2.75) is 25.8 Å². The van der Waals surface area contributed by atoms with Crippen molar-refractivity contribution in [1.82, 2.24) is 15.0 Å². The molecule has 0 saturated carbocycles. The van der Waals surface area contributed by atoms with E-state index in [1.165, 1.54) is 4.90 Å². The van der Waals surface area contributed by atoms with Gasteiger partial charge in [-0.2, -0.15) is 10.2 Å². The van der Waals surface area contributed by atoms with Crippen LogP contribution in [-0.2, 0) is 0 Å². The van der Waals surface area contributed by atoms with Gasteiger partial charge >= 0.3 is 6.09 Å². The van der Waals surface area contributed by atoms with Gasteiger partial charge < -0.3 is 9.63 Å². The minimum absolute atomic E-state index is 0.302. The number of nitrogens with zero attached hydrogens (tertiary/aromatic N) is 4. The maximum absolute atomic E-state index is 11.4. The lowest BCUT2D eigenvalue weighted by Gasteiger charge is -2.34. The minimum Gasteiger partial charge on any atom is -0.465 e. The van der Waals surface area contributed by atoms with Gasteiger partial charge in [-0.1, -0.05) is 24.2 Å². The van der Waals surface area contributed by atoms with Gasteiger partial charge in [0.25, 0.3) is 0 Å². The molecular weight excluding hydrogens is 296 g/mol. The fourth-order valence-corrected chi connectivity index (χ4v) is 2.84. The highest BCUT2D eigenvalue weighted by molar-refractivity contribution is 5.66. The van der Waals surface area contributed by atoms with E-state index in [2.05, 4.69) is 16.2 Å². The number of rotatable bonds is 2. The van der Waals surface area contributed by atoms with Crippen LogP contribution >= 0.6 is 0 Å². The molecule has 0 aliphatic carbocycles. The lowest BCUT2D eigenvalue weighted by Crippen LogP contribution is -2.40. The second-order valence-corrected chi connectivity index (χ2v) is 5.78. The average Bonchev–Trinajstić information content (AvgIpc) is 3.04. The first kappa shape index (κ1) is 15.0. The Kier molecular flexibility index (Phi) is 3.98. The molecule has 2 unspecified atom stereocenters.